The molecule has 2 aromatic rings. The molecule has 0 saturated heterocycles. The van der Waals surface area contributed by atoms with E-state index in [1.165, 1.54) is 0 Å². The standard InChI is InChI=1S/C14H10BrClN2O3/c15-9-6-10(13(16)17-7-9)18-14(19)8-1-2-11-12(5-8)21-4-3-20-11/h1-2,5-7H,3-4H2,(H,18,19). The summed E-state index contributed by atoms with van der Waals surface area (Å²) in [7, 11) is 0. The highest BCUT2D eigenvalue weighted by Gasteiger charge is 2.16. The summed E-state index contributed by atoms with van der Waals surface area (Å²) in [5, 5.41) is 2.94. The number of aromatic nitrogens is 1. The average molecular weight is 370 g/mol. The van der Waals surface area contributed by atoms with E-state index in [9.17, 15) is 4.79 Å². The summed E-state index contributed by atoms with van der Waals surface area (Å²) in [5.74, 6) is 0.904. The van der Waals surface area contributed by atoms with Gasteiger partial charge in [0.2, 0.25) is 0 Å². The molecule has 0 saturated carbocycles. The van der Waals surface area contributed by atoms with E-state index in [-0.39, 0.29) is 11.1 Å². The molecule has 0 bridgehead atoms. The first-order chi connectivity index (χ1) is 10.1. The van der Waals surface area contributed by atoms with E-state index >= 15 is 0 Å². The van der Waals surface area contributed by atoms with Crippen LogP contribution in [0.3, 0.4) is 0 Å². The zero-order valence-corrected chi connectivity index (χ0v) is 13.1. The van der Waals surface area contributed by atoms with E-state index in [4.69, 9.17) is 21.1 Å². The summed E-state index contributed by atoms with van der Waals surface area (Å²) in [5.41, 5.74) is 0.890. The van der Waals surface area contributed by atoms with Gasteiger partial charge >= 0.3 is 0 Å². The van der Waals surface area contributed by atoms with Gasteiger partial charge in [0.15, 0.2) is 16.7 Å². The number of anilines is 1. The van der Waals surface area contributed by atoms with Crippen LogP contribution in [0.25, 0.3) is 0 Å². The van der Waals surface area contributed by atoms with Gasteiger partial charge in [-0.3, -0.25) is 4.79 Å². The summed E-state index contributed by atoms with van der Waals surface area (Å²) in [6, 6.07) is 6.71. The minimum Gasteiger partial charge on any atom is -0.486 e. The highest BCUT2D eigenvalue weighted by molar-refractivity contribution is 9.10. The van der Waals surface area contributed by atoms with E-state index in [0.29, 0.717) is 36.0 Å². The lowest BCUT2D eigenvalue weighted by Gasteiger charge is -2.18. The number of fused-ring (bicyclic) bond motifs is 1. The van der Waals surface area contributed by atoms with Gasteiger partial charge in [-0.15, -0.1) is 0 Å². The number of pyridine rings is 1. The van der Waals surface area contributed by atoms with Crippen LogP contribution < -0.4 is 14.8 Å². The highest BCUT2D eigenvalue weighted by Crippen LogP contribution is 2.31. The first-order valence-electron chi connectivity index (χ1n) is 6.15. The molecule has 108 valence electrons. The molecule has 0 fully saturated rings. The number of carbonyl (C=O) groups excluding carboxylic acids is 1. The van der Waals surface area contributed by atoms with Crippen molar-refractivity contribution in [1.82, 2.24) is 4.98 Å². The van der Waals surface area contributed by atoms with Gasteiger partial charge in [-0.2, -0.15) is 0 Å². The van der Waals surface area contributed by atoms with Crippen molar-refractivity contribution in [2.24, 2.45) is 0 Å². The van der Waals surface area contributed by atoms with Gasteiger partial charge in [-0.25, -0.2) is 4.98 Å². The lowest BCUT2D eigenvalue weighted by atomic mass is 10.2. The number of ether oxygens (including phenoxy) is 2. The maximum Gasteiger partial charge on any atom is 0.255 e. The molecule has 0 unspecified atom stereocenters. The molecule has 1 N–H and O–H groups in total. The third-order valence-corrected chi connectivity index (χ3v) is 3.59. The molecule has 0 aliphatic carbocycles. The second-order valence-electron chi connectivity index (χ2n) is 4.30. The minimum absolute atomic E-state index is 0.226. The maximum absolute atomic E-state index is 12.3. The van der Waals surface area contributed by atoms with Crippen LogP contribution in [0.1, 0.15) is 10.4 Å². The van der Waals surface area contributed by atoms with E-state index in [0.717, 1.165) is 4.47 Å². The number of halogens is 2. The van der Waals surface area contributed by atoms with Crippen LogP contribution in [0.15, 0.2) is 34.9 Å². The molecule has 5 nitrogen and oxygen atoms in total. The monoisotopic (exact) mass is 368 g/mol. The molecular weight excluding hydrogens is 360 g/mol. The minimum atomic E-state index is -0.297. The summed E-state index contributed by atoms with van der Waals surface area (Å²) in [4.78, 5) is 16.2. The Kier molecular flexibility index (Phi) is 3.98. The lowest BCUT2D eigenvalue weighted by molar-refractivity contribution is 0.102. The number of rotatable bonds is 2. The number of benzene rings is 1. The van der Waals surface area contributed by atoms with Gasteiger partial charge in [-0.1, -0.05) is 11.6 Å². The zero-order valence-electron chi connectivity index (χ0n) is 10.7. The Bertz CT molecular complexity index is 709. The lowest BCUT2D eigenvalue weighted by Crippen LogP contribution is -2.17. The third kappa shape index (κ3) is 3.11. The Morgan fingerprint density at radius 1 is 1.24 bits per heavy atom. The van der Waals surface area contributed by atoms with Crippen LogP contribution in [0.5, 0.6) is 11.5 Å². The second kappa shape index (κ2) is 5.91. The fraction of sp³-hybridized carbons (Fsp3) is 0.143. The molecular formula is C14H10BrClN2O3. The molecule has 0 spiro atoms. The SMILES string of the molecule is O=C(Nc1cc(Br)cnc1Cl)c1ccc2c(c1)OCCO2. The second-order valence-corrected chi connectivity index (χ2v) is 5.58. The Morgan fingerprint density at radius 2 is 2.00 bits per heavy atom. The van der Waals surface area contributed by atoms with Crippen molar-refractivity contribution in [2.75, 3.05) is 18.5 Å². The number of nitrogens with one attached hydrogen (secondary N) is 1. The van der Waals surface area contributed by atoms with Crippen molar-refractivity contribution < 1.29 is 14.3 Å². The number of nitrogens with zero attached hydrogens (tertiary/aromatic N) is 1. The van der Waals surface area contributed by atoms with Gasteiger partial charge in [0.1, 0.15) is 13.2 Å². The molecule has 1 aliphatic rings. The Hall–Kier alpha value is -1.79. The average Bonchev–Trinajstić information content (AvgIpc) is 2.50. The predicted octanol–water partition coefficient (Wildman–Crippen LogP) is 3.52. The molecule has 1 amide bonds. The third-order valence-electron chi connectivity index (χ3n) is 2.86. The van der Waals surface area contributed by atoms with Crippen molar-refractivity contribution in [3.63, 3.8) is 0 Å². The molecule has 3 rings (SSSR count). The fourth-order valence-corrected chi connectivity index (χ4v) is 2.37. The van der Waals surface area contributed by atoms with Crippen molar-refractivity contribution in [3.05, 3.63) is 45.7 Å². The van der Waals surface area contributed by atoms with Gasteiger partial charge < -0.3 is 14.8 Å². The maximum atomic E-state index is 12.3. The Labute approximate surface area is 134 Å². The van der Waals surface area contributed by atoms with Crippen molar-refractivity contribution in [3.8, 4) is 11.5 Å². The van der Waals surface area contributed by atoms with Crippen LogP contribution in [-0.2, 0) is 0 Å². The van der Waals surface area contributed by atoms with E-state index in [2.05, 4.69) is 26.2 Å². The normalized spacial score (nSPS) is 12.9. The molecule has 0 radical (unpaired) electrons. The van der Waals surface area contributed by atoms with Crippen LogP contribution in [0.4, 0.5) is 5.69 Å². The Morgan fingerprint density at radius 3 is 2.81 bits per heavy atom. The van der Waals surface area contributed by atoms with Crippen molar-refractivity contribution in [2.45, 2.75) is 0 Å². The summed E-state index contributed by atoms with van der Waals surface area (Å²) < 4.78 is 11.6. The molecule has 1 aliphatic heterocycles. The summed E-state index contributed by atoms with van der Waals surface area (Å²) in [6.07, 6.45) is 1.56. The predicted molar refractivity (Wildman–Crippen MR) is 82.3 cm³/mol. The van der Waals surface area contributed by atoms with E-state index in [1.807, 2.05) is 0 Å². The first kappa shape index (κ1) is 14.2. The van der Waals surface area contributed by atoms with Gasteiger partial charge in [0, 0.05) is 16.2 Å². The molecule has 7 heteroatoms. The van der Waals surface area contributed by atoms with E-state index in [1.54, 1.807) is 30.5 Å². The molecule has 0 atom stereocenters. The van der Waals surface area contributed by atoms with Gasteiger partial charge in [0.05, 0.1) is 5.69 Å². The summed E-state index contributed by atoms with van der Waals surface area (Å²) in [6.45, 7) is 0.983. The van der Waals surface area contributed by atoms with Crippen molar-refractivity contribution >= 4 is 39.1 Å². The van der Waals surface area contributed by atoms with Gasteiger partial charge in [0.25, 0.3) is 5.91 Å². The number of hydrogen-bond acceptors (Lipinski definition) is 4. The van der Waals surface area contributed by atoms with E-state index < -0.39 is 0 Å². The highest BCUT2D eigenvalue weighted by atomic mass is 79.9. The number of carbonyl (C=O) groups is 1. The molecule has 1 aromatic heterocycles. The van der Waals surface area contributed by atoms with Crippen LogP contribution >= 0.6 is 27.5 Å². The van der Waals surface area contributed by atoms with Crippen LogP contribution in [0.2, 0.25) is 5.15 Å². The van der Waals surface area contributed by atoms with Crippen LogP contribution in [-0.4, -0.2) is 24.1 Å². The van der Waals surface area contributed by atoms with Crippen LogP contribution in [0, 0.1) is 0 Å². The smallest absolute Gasteiger partial charge is 0.255 e. The molecule has 21 heavy (non-hydrogen) atoms. The molecule has 2 heterocycles. The fourth-order valence-electron chi connectivity index (χ4n) is 1.89. The first-order valence-corrected chi connectivity index (χ1v) is 7.32. The topological polar surface area (TPSA) is 60.5 Å². The quantitative estimate of drug-likeness (QED) is 0.823. The number of hydrogen-bond donors (Lipinski definition) is 1. The zero-order chi connectivity index (χ0) is 14.8. The number of amides is 1. The molecule has 1 aromatic carbocycles. The van der Waals surface area contributed by atoms with Crippen molar-refractivity contribution in [1.29, 1.82) is 0 Å². The summed E-state index contributed by atoms with van der Waals surface area (Å²) >= 11 is 9.23. The van der Waals surface area contributed by atoms with Gasteiger partial charge in [-0.05, 0) is 40.2 Å². The Balaban J connectivity index is 1.83. The largest absolute Gasteiger partial charge is 0.486 e.